The number of rotatable bonds is 7. The summed E-state index contributed by atoms with van der Waals surface area (Å²) in [5.74, 6) is 0. The molecule has 0 aromatic carbocycles. The van der Waals surface area contributed by atoms with Crippen LogP contribution in [-0.2, 0) is 4.74 Å². The zero-order chi connectivity index (χ0) is 10.1. The van der Waals surface area contributed by atoms with Gasteiger partial charge in [0.05, 0.1) is 6.61 Å². The molecule has 0 heterocycles. The molecule has 0 aliphatic heterocycles. The summed E-state index contributed by atoms with van der Waals surface area (Å²) < 4.78 is 4.96. The van der Waals surface area contributed by atoms with Crippen LogP contribution in [0.4, 0.5) is 0 Å². The Balaban J connectivity index is 3.71. The molecule has 74 valence electrons. The lowest BCUT2D eigenvalue weighted by atomic mass is 10.1. The highest BCUT2D eigenvalue weighted by atomic mass is 16.5. The van der Waals surface area contributed by atoms with Crippen molar-refractivity contribution in [2.45, 2.75) is 26.2 Å². The fourth-order valence-corrected chi connectivity index (χ4v) is 1.07. The van der Waals surface area contributed by atoms with Gasteiger partial charge in [-0.05, 0) is 26.2 Å². The molecule has 0 unspecified atom stereocenters. The average molecular weight is 180 g/mol. The van der Waals surface area contributed by atoms with E-state index in [0.29, 0.717) is 6.61 Å². The molecule has 0 radical (unpaired) electrons. The van der Waals surface area contributed by atoms with Gasteiger partial charge in [-0.15, -0.1) is 6.58 Å². The lowest BCUT2D eigenvalue weighted by Gasteiger charge is -2.02. The predicted octanol–water partition coefficient (Wildman–Crippen LogP) is 3.49. The van der Waals surface area contributed by atoms with Crippen LogP contribution in [-0.4, -0.2) is 13.7 Å². The van der Waals surface area contributed by atoms with Crippen LogP contribution in [0, 0.1) is 0 Å². The number of methoxy groups -OCH3 is 1. The summed E-state index contributed by atoms with van der Waals surface area (Å²) in [5.41, 5.74) is 2.51. The first-order chi connectivity index (χ1) is 6.20. The molecule has 0 fully saturated rings. The maximum absolute atomic E-state index is 4.96. The standard InChI is InChI=1S/C12H20O/c1-5-12(9-10-13-4)8-6-7-11(2)3/h5,9H,1-2,6-8,10H2,3-4H3/b12-9+. The van der Waals surface area contributed by atoms with Crippen LogP contribution in [0.5, 0.6) is 0 Å². The first-order valence-corrected chi connectivity index (χ1v) is 4.65. The van der Waals surface area contributed by atoms with Gasteiger partial charge in [0.15, 0.2) is 0 Å². The summed E-state index contributed by atoms with van der Waals surface area (Å²) in [5, 5.41) is 0. The predicted molar refractivity (Wildman–Crippen MR) is 58.8 cm³/mol. The van der Waals surface area contributed by atoms with Crippen molar-refractivity contribution in [1.29, 1.82) is 0 Å². The maximum atomic E-state index is 4.96. The van der Waals surface area contributed by atoms with Gasteiger partial charge in [0.25, 0.3) is 0 Å². The molecule has 0 atom stereocenters. The summed E-state index contributed by atoms with van der Waals surface area (Å²) in [6.07, 6.45) is 7.29. The van der Waals surface area contributed by atoms with Gasteiger partial charge in [-0.3, -0.25) is 0 Å². The second-order valence-corrected chi connectivity index (χ2v) is 3.25. The number of hydrogen-bond donors (Lipinski definition) is 0. The summed E-state index contributed by atoms with van der Waals surface area (Å²) in [4.78, 5) is 0. The average Bonchev–Trinajstić information content (AvgIpc) is 2.10. The highest BCUT2D eigenvalue weighted by Gasteiger charge is 1.92. The van der Waals surface area contributed by atoms with E-state index in [1.807, 2.05) is 6.08 Å². The molecule has 0 aliphatic carbocycles. The second kappa shape index (κ2) is 7.81. The van der Waals surface area contributed by atoms with Crippen LogP contribution < -0.4 is 0 Å². The minimum Gasteiger partial charge on any atom is -0.381 e. The van der Waals surface area contributed by atoms with Crippen LogP contribution in [0.3, 0.4) is 0 Å². The molecule has 0 aliphatic rings. The van der Waals surface area contributed by atoms with Gasteiger partial charge in [0.1, 0.15) is 0 Å². The quantitative estimate of drug-likeness (QED) is 0.430. The van der Waals surface area contributed by atoms with Crippen molar-refractivity contribution in [3.63, 3.8) is 0 Å². The molecule has 1 nitrogen and oxygen atoms in total. The number of ether oxygens (including phenoxy) is 1. The van der Waals surface area contributed by atoms with Gasteiger partial charge in [0.2, 0.25) is 0 Å². The SMILES string of the molecule is C=C/C(=C\COC)CCCC(=C)C. The van der Waals surface area contributed by atoms with E-state index in [1.165, 1.54) is 11.1 Å². The summed E-state index contributed by atoms with van der Waals surface area (Å²) in [6.45, 7) is 10.4. The molecular weight excluding hydrogens is 160 g/mol. The van der Waals surface area contributed by atoms with Crippen LogP contribution in [0.1, 0.15) is 26.2 Å². The lowest BCUT2D eigenvalue weighted by Crippen LogP contribution is -1.87. The van der Waals surface area contributed by atoms with Crippen molar-refractivity contribution in [3.8, 4) is 0 Å². The third-order valence-electron chi connectivity index (χ3n) is 1.84. The molecule has 0 N–H and O–H groups in total. The van der Waals surface area contributed by atoms with E-state index in [4.69, 9.17) is 4.74 Å². The molecule has 13 heavy (non-hydrogen) atoms. The third kappa shape index (κ3) is 7.54. The zero-order valence-electron chi connectivity index (χ0n) is 8.81. The van der Waals surface area contributed by atoms with Gasteiger partial charge in [0, 0.05) is 7.11 Å². The number of hydrogen-bond acceptors (Lipinski definition) is 1. The monoisotopic (exact) mass is 180 g/mol. The van der Waals surface area contributed by atoms with Crippen molar-refractivity contribution in [3.05, 3.63) is 36.5 Å². The molecule has 0 saturated carbocycles. The van der Waals surface area contributed by atoms with Crippen molar-refractivity contribution in [2.75, 3.05) is 13.7 Å². The first-order valence-electron chi connectivity index (χ1n) is 4.65. The van der Waals surface area contributed by atoms with Gasteiger partial charge < -0.3 is 4.74 Å². The molecule has 0 amide bonds. The minimum atomic E-state index is 0.675. The van der Waals surface area contributed by atoms with E-state index in [9.17, 15) is 0 Å². The zero-order valence-corrected chi connectivity index (χ0v) is 8.81. The second-order valence-electron chi connectivity index (χ2n) is 3.25. The molecule has 0 spiro atoms. The smallest absolute Gasteiger partial charge is 0.0649 e. The van der Waals surface area contributed by atoms with E-state index >= 15 is 0 Å². The maximum Gasteiger partial charge on any atom is 0.0649 e. The highest BCUT2D eigenvalue weighted by molar-refractivity contribution is 5.16. The summed E-state index contributed by atoms with van der Waals surface area (Å²) >= 11 is 0. The Hall–Kier alpha value is -0.820. The van der Waals surface area contributed by atoms with E-state index in [2.05, 4.69) is 26.2 Å². The largest absolute Gasteiger partial charge is 0.381 e. The van der Waals surface area contributed by atoms with E-state index < -0.39 is 0 Å². The topological polar surface area (TPSA) is 9.23 Å². The van der Waals surface area contributed by atoms with Crippen LogP contribution in [0.15, 0.2) is 36.5 Å². The molecule has 0 saturated heterocycles. The van der Waals surface area contributed by atoms with Crippen molar-refractivity contribution in [2.24, 2.45) is 0 Å². The fraction of sp³-hybridized carbons (Fsp3) is 0.500. The Morgan fingerprint density at radius 2 is 2.08 bits per heavy atom. The normalized spacial score (nSPS) is 11.4. The van der Waals surface area contributed by atoms with Crippen LogP contribution >= 0.6 is 0 Å². The van der Waals surface area contributed by atoms with E-state index in [0.717, 1.165) is 19.3 Å². The summed E-state index contributed by atoms with van der Waals surface area (Å²) in [6, 6.07) is 0. The lowest BCUT2D eigenvalue weighted by molar-refractivity contribution is 0.233. The Morgan fingerprint density at radius 1 is 1.38 bits per heavy atom. The molecular formula is C12H20O. The molecule has 0 bridgehead atoms. The van der Waals surface area contributed by atoms with Crippen molar-refractivity contribution in [1.82, 2.24) is 0 Å². The number of allylic oxidation sites excluding steroid dienone is 3. The molecule has 0 rings (SSSR count). The van der Waals surface area contributed by atoms with Crippen LogP contribution in [0.2, 0.25) is 0 Å². The Morgan fingerprint density at radius 3 is 2.54 bits per heavy atom. The highest BCUT2D eigenvalue weighted by Crippen LogP contribution is 2.11. The van der Waals surface area contributed by atoms with Gasteiger partial charge >= 0.3 is 0 Å². The minimum absolute atomic E-state index is 0.675. The Kier molecular flexibility index (Phi) is 7.32. The Bertz CT molecular complexity index is 189. The van der Waals surface area contributed by atoms with E-state index in [-0.39, 0.29) is 0 Å². The third-order valence-corrected chi connectivity index (χ3v) is 1.84. The molecule has 1 heteroatoms. The molecule has 0 aromatic heterocycles. The summed E-state index contributed by atoms with van der Waals surface area (Å²) in [7, 11) is 1.70. The van der Waals surface area contributed by atoms with E-state index in [1.54, 1.807) is 7.11 Å². The fourth-order valence-electron chi connectivity index (χ4n) is 1.07. The van der Waals surface area contributed by atoms with Gasteiger partial charge in [-0.1, -0.05) is 29.9 Å². The van der Waals surface area contributed by atoms with Gasteiger partial charge in [-0.2, -0.15) is 0 Å². The first kappa shape index (κ1) is 12.2. The molecule has 0 aromatic rings. The van der Waals surface area contributed by atoms with Gasteiger partial charge in [-0.25, -0.2) is 0 Å². The van der Waals surface area contributed by atoms with Crippen molar-refractivity contribution < 1.29 is 4.74 Å². The van der Waals surface area contributed by atoms with Crippen molar-refractivity contribution >= 4 is 0 Å². The van der Waals surface area contributed by atoms with Crippen LogP contribution in [0.25, 0.3) is 0 Å². The Labute approximate surface area is 81.8 Å².